The van der Waals surface area contributed by atoms with E-state index in [9.17, 15) is 19.2 Å². The Morgan fingerprint density at radius 3 is 1.81 bits per heavy atom. The predicted molar refractivity (Wildman–Crippen MR) is 136 cm³/mol. The number of aliphatic carboxylic acids is 2. The minimum absolute atomic E-state index is 0.0158. The Hall–Kier alpha value is -4.06. The van der Waals surface area contributed by atoms with Crippen LogP contribution < -0.4 is 19.5 Å². The van der Waals surface area contributed by atoms with Crippen molar-refractivity contribution >= 4 is 29.8 Å². The zero-order valence-electron chi connectivity index (χ0n) is 21.7. The van der Waals surface area contributed by atoms with Crippen molar-refractivity contribution < 1.29 is 43.6 Å². The maximum Gasteiger partial charge on any atom is 0.328 e. The van der Waals surface area contributed by atoms with Gasteiger partial charge in [-0.25, -0.2) is 9.59 Å². The van der Waals surface area contributed by atoms with Crippen molar-refractivity contribution in [2.75, 3.05) is 54.1 Å². The number of amides is 2. The van der Waals surface area contributed by atoms with Crippen LogP contribution >= 0.6 is 0 Å². The lowest BCUT2D eigenvalue weighted by Crippen LogP contribution is -2.51. The standard InChI is InChI=1S/C21H31N3O5.C4H4O4/c1-15(2)22-19(25)14-23-8-10-24(11-9-23)20(26)7-6-16-12-17(27-3)21(29-5)18(13-16)28-4;5-3(6)1-2-4(7)8/h6-7,12-13,15H,8-11,14H2,1-5H3,(H,22,25);1-2H,(H,5,6)(H,7,8)/b;2-1-. The van der Waals surface area contributed by atoms with E-state index in [1.165, 1.54) is 0 Å². The van der Waals surface area contributed by atoms with E-state index in [1.54, 1.807) is 50.5 Å². The summed E-state index contributed by atoms with van der Waals surface area (Å²) in [6.07, 6.45) is 4.39. The highest BCUT2D eigenvalue weighted by molar-refractivity contribution is 5.92. The van der Waals surface area contributed by atoms with Gasteiger partial charge in [0.2, 0.25) is 17.6 Å². The molecule has 2 amide bonds. The number of ether oxygens (including phenoxy) is 3. The Morgan fingerprint density at radius 1 is 0.892 bits per heavy atom. The third kappa shape index (κ3) is 11.5. The number of carbonyl (C=O) groups excluding carboxylic acids is 2. The van der Waals surface area contributed by atoms with Crippen molar-refractivity contribution in [1.82, 2.24) is 15.1 Å². The van der Waals surface area contributed by atoms with Crippen molar-refractivity contribution in [3.8, 4) is 17.2 Å². The molecule has 1 aromatic rings. The maximum absolute atomic E-state index is 12.5. The summed E-state index contributed by atoms with van der Waals surface area (Å²) in [7, 11) is 4.65. The maximum atomic E-state index is 12.5. The molecule has 12 heteroatoms. The van der Waals surface area contributed by atoms with Crippen LogP contribution in [-0.4, -0.2) is 104 Å². The Bertz CT molecular complexity index is 956. The molecule has 1 aromatic carbocycles. The van der Waals surface area contributed by atoms with Gasteiger partial charge in [-0.2, -0.15) is 0 Å². The zero-order valence-corrected chi connectivity index (χ0v) is 21.7. The molecular weight excluding hydrogens is 486 g/mol. The first-order chi connectivity index (χ1) is 17.5. The van der Waals surface area contributed by atoms with Crippen molar-refractivity contribution in [2.45, 2.75) is 19.9 Å². The quantitative estimate of drug-likeness (QED) is 0.381. The van der Waals surface area contributed by atoms with Gasteiger partial charge in [-0.15, -0.1) is 0 Å². The van der Waals surface area contributed by atoms with Gasteiger partial charge < -0.3 is 34.6 Å². The lowest BCUT2D eigenvalue weighted by atomic mass is 10.1. The lowest BCUT2D eigenvalue weighted by Gasteiger charge is -2.33. The third-order valence-electron chi connectivity index (χ3n) is 4.97. The minimum atomic E-state index is -1.26. The molecule has 37 heavy (non-hydrogen) atoms. The summed E-state index contributed by atoms with van der Waals surface area (Å²) in [4.78, 5) is 47.4. The average molecular weight is 522 g/mol. The van der Waals surface area contributed by atoms with Gasteiger partial charge in [0.15, 0.2) is 11.5 Å². The Balaban J connectivity index is 0.000000738. The molecule has 3 N–H and O–H groups in total. The molecule has 1 aliphatic heterocycles. The van der Waals surface area contributed by atoms with Crippen LogP contribution in [0, 0.1) is 0 Å². The van der Waals surface area contributed by atoms with Gasteiger partial charge in [0.1, 0.15) is 0 Å². The van der Waals surface area contributed by atoms with Gasteiger partial charge in [-0.3, -0.25) is 14.5 Å². The van der Waals surface area contributed by atoms with Gasteiger partial charge in [-0.05, 0) is 37.6 Å². The zero-order chi connectivity index (χ0) is 28.0. The summed E-state index contributed by atoms with van der Waals surface area (Å²) in [5.41, 5.74) is 0.775. The summed E-state index contributed by atoms with van der Waals surface area (Å²) in [6, 6.07) is 3.71. The monoisotopic (exact) mass is 521 g/mol. The van der Waals surface area contributed by atoms with Crippen LogP contribution in [0.25, 0.3) is 6.08 Å². The fourth-order valence-electron chi connectivity index (χ4n) is 3.31. The smallest absolute Gasteiger partial charge is 0.328 e. The molecule has 1 aliphatic rings. The van der Waals surface area contributed by atoms with Gasteiger partial charge >= 0.3 is 11.9 Å². The van der Waals surface area contributed by atoms with Gasteiger partial charge in [0.25, 0.3) is 0 Å². The van der Waals surface area contributed by atoms with E-state index < -0.39 is 11.9 Å². The number of carbonyl (C=O) groups is 4. The highest BCUT2D eigenvalue weighted by Gasteiger charge is 2.21. The second kappa shape index (κ2) is 15.8. The second-order valence-electron chi connectivity index (χ2n) is 8.13. The fourth-order valence-corrected chi connectivity index (χ4v) is 3.31. The minimum Gasteiger partial charge on any atom is -0.493 e. The topological polar surface area (TPSA) is 155 Å². The number of hydrogen-bond donors (Lipinski definition) is 3. The third-order valence-corrected chi connectivity index (χ3v) is 4.97. The van der Waals surface area contributed by atoms with Crippen molar-refractivity contribution in [2.24, 2.45) is 0 Å². The molecule has 0 aliphatic carbocycles. The first-order valence-electron chi connectivity index (χ1n) is 11.4. The molecule has 204 valence electrons. The number of benzene rings is 1. The molecule has 2 rings (SSSR count). The van der Waals surface area contributed by atoms with Crippen molar-refractivity contribution in [1.29, 1.82) is 0 Å². The van der Waals surface area contributed by atoms with Crippen LogP contribution in [0.5, 0.6) is 17.2 Å². The van der Waals surface area contributed by atoms with Gasteiger partial charge in [-0.1, -0.05) is 0 Å². The lowest BCUT2D eigenvalue weighted by molar-refractivity contribution is -0.134. The molecule has 0 atom stereocenters. The summed E-state index contributed by atoms with van der Waals surface area (Å²) < 4.78 is 16.0. The normalized spacial score (nSPS) is 13.7. The summed E-state index contributed by atoms with van der Waals surface area (Å²) in [6.45, 7) is 6.77. The Kier molecular flexibility index (Phi) is 13.3. The van der Waals surface area contributed by atoms with E-state index in [0.717, 1.165) is 5.56 Å². The number of piperazine rings is 1. The van der Waals surface area contributed by atoms with Gasteiger partial charge in [0.05, 0.1) is 27.9 Å². The molecular formula is C25H35N3O9. The Labute approximate surface area is 216 Å². The van der Waals surface area contributed by atoms with E-state index in [-0.39, 0.29) is 17.9 Å². The van der Waals surface area contributed by atoms with Crippen LogP contribution in [-0.2, 0) is 19.2 Å². The van der Waals surface area contributed by atoms with E-state index in [0.29, 0.717) is 62.1 Å². The van der Waals surface area contributed by atoms with E-state index >= 15 is 0 Å². The first kappa shape index (κ1) is 31.0. The number of nitrogens with one attached hydrogen (secondary N) is 1. The van der Waals surface area contributed by atoms with E-state index in [1.807, 2.05) is 13.8 Å². The average Bonchev–Trinajstić information content (AvgIpc) is 2.85. The number of hydrogen-bond acceptors (Lipinski definition) is 8. The van der Waals surface area contributed by atoms with Crippen LogP contribution in [0.4, 0.5) is 0 Å². The van der Waals surface area contributed by atoms with Crippen molar-refractivity contribution in [3.63, 3.8) is 0 Å². The van der Waals surface area contributed by atoms with Crippen LogP contribution in [0.2, 0.25) is 0 Å². The SMILES string of the molecule is COc1cc(C=CC(=O)N2CCN(CC(=O)NC(C)C)CC2)cc(OC)c1OC.O=C(O)/C=C\C(=O)O. The molecule has 12 nitrogen and oxygen atoms in total. The molecule has 0 aromatic heterocycles. The van der Waals surface area contributed by atoms with Gasteiger partial charge in [0, 0.05) is 50.4 Å². The molecule has 1 heterocycles. The largest absolute Gasteiger partial charge is 0.493 e. The van der Waals surface area contributed by atoms with E-state index in [2.05, 4.69) is 10.2 Å². The molecule has 0 unspecified atom stereocenters. The molecule has 0 radical (unpaired) electrons. The number of methoxy groups -OCH3 is 3. The Morgan fingerprint density at radius 2 is 1.41 bits per heavy atom. The molecule has 0 saturated carbocycles. The number of nitrogens with zero attached hydrogens (tertiary/aromatic N) is 2. The molecule has 1 fully saturated rings. The van der Waals surface area contributed by atoms with Crippen LogP contribution in [0.1, 0.15) is 19.4 Å². The highest BCUT2D eigenvalue weighted by atomic mass is 16.5. The predicted octanol–water partition coefficient (Wildman–Crippen LogP) is 1.11. The van der Waals surface area contributed by atoms with Crippen LogP contribution in [0.15, 0.2) is 30.4 Å². The molecule has 0 bridgehead atoms. The van der Waals surface area contributed by atoms with Crippen LogP contribution in [0.3, 0.4) is 0 Å². The highest BCUT2D eigenvalue weighted by Crippen LogP contribution is 2.38. The molecule has 0 spiro atoms. The summed E-state index contributed by atoms with van der Waals surface area (Å²) in [5, 5.41) is 18.5. The van der Waals surface area contributed by atoms with Crippen molar-refractivity contribution in [3.05, 3.63) is 35.9 Å². The molecule has 1 saturated heterocycles. The fraction of sp³-hybridized carbons (Fsp3) is 0.440. The summed E-state index contributed by atoms with van der Waals surface area (Å²) in [5.74, 6) is -0.984. The first-order valence-corrected chi connectivity index (χ1v) is 11.4. The number of rotatable bonds is 10. The summed E-state index contributed by atoms with van der Waals surface area (Å²) >= 11 is 0. The number of carboxylic acid groups (broad SMARTS) is 2. The van der Waals surface area contributed by atoms with E-state index in [4.69, 9.17) is 24.4 Å². The second-order valence-corrected chi connectivity index (χ2v) is 8.13. The number of carboxylic acids is 2.